The zero-order valence-corrected chi connectivity index (χ0v) is 19.2. The Morgan fingerprint density at radius 1 is 1.11 bits per heavy atom. The van der Waals surface area contributed by atoms with Crippen LogP contribution in [0.5, 0.6) is 11.5 Å². The summed E-state index contributed by atoms with van der Waals surface area (Å²) >= 11 is 5.95. The Morgan fingerprint density at radius 3 is 2.36 bits per heavy atom. The van der Waals surface area contributed by atoms with E-state index in [4.69, 9.17) is 26.2 Å². The number of rotatable bonds is 7. The van der Waals surface area contributed by atoms with Crippen molar-refractivity contribution >= 4 is 17.6 Å². The third-order valence-corrected chi connectivity index (χ3v) is 5.22. The van der Waals surface area contributed by atoms with Crippen LogP contribution in [-0.4, -0.2) is 26.3 Å². The molecule has 3 aromatic rings. The molecule has 0 bridgehead atoms. The number of nitrogens with zero attached hydrogens (tertiary/aromatic N) is 2. The molecule has 36 heavy (non-hydrogen) atoms. The fraction of sp³-hybridized carbons (Fsp3) is 0.227. The van der Waals surface area contributed by atoms with Gasteiger partial charge in [0.05, 0.1) is 10.7 Å². The molecule has 14 heteroatoms. The van der Waals surface area contributed by atoms with Crippen molar-refractivity contribution in [3.8, 4) is 17.2 Å². The van der Waals surface area contributed by atoms with E-state index in [0.717, 1.165) is 19.2 Å². The van der Waals surface area contributed by atoms with Crippen molar-refractivity contribution in [1.29, 1.82) is 0 Å². The molecule has 0 saturated carbocycles. The van der Waals surface area contributed by atoms with Crippen LogP contribution in [-0.2, 0) is 24.6 Å². The van der Waals surface area contributed by atoms with Gasteiger partial charge in [0.2, 0.25) is 0 Å². The van der Waals surface area contributed by atoms with Crippen molar-refractivity contribution in [2.75, 3.05) is 0 Å². The van der Waals surface area contributed by atoms with Crippen LogP contribution in [0.4, 0.5) is 22.0 Å². The molecule has 0 aliphatic rings. The minimum atomic E-state index is -5.00. The van der Waals surface area contributed by atoms with E-state index in [-0.39, 0.29) is 37.3 Å². The maximum Gasteiger partial charge on any atom is 0.431 e. The lowest BCUT2D eigenvalue weighted by atomic mass is 10.2. The van der Waals surface area contributed by atoms with Crippen LogP contribution in [0.25, 0.3) is 5.69 Å². The van der Waals surface area contributed by atoms with Gasteiger partial charge in [0.25, 0.3) is 5.56 Å². The largest absolute Gasteiger partial charge is 0.487 e. The molecule has 8 nitrogen and oxygen atoms in total. The second-order valence-electron chi connectivity index (χ2n) is 7.42. The maximum atomic E-state index is 14.6. The Labute approximate surface area is 203 Å². The van der Waals surface area contributed by atoms with E-state index < -0.39 is 59.1 Å². The normalized spacial score (nSPS) is 12.3. The second-order valence-corrected chi connectivity index (χ2v) is 7.82. The van der Waals surface area contributed by atoms with Gasteiger partial charge in [0.1, 0.15) is 35.4 Å². The van der Waals surface area contributed by atoms with Crippen LogP contribution in [0.3, 0.4) is 0 Å². The molecule has 1 N–H and O–H groups in total. The summed E-state index contributed by atoms with van der Waals surface area (Å²) in [5.41, 5.74) is -5.23. The summed E-state index contributed by atoms with van der Waals surface area (Å²) in [6.45, 7) is 0.770. The SMILES string of the molecule is CC(Oc1ccc(COc2cc(-n3c(=O)cc(C(F)(F)F)n(C)c3=O)c(F)cc2Cl)c(F)c1)C(=O)O. The van der Waals surface area contributed by atoms with Crippen molar-refractivity contribution in [2.45, 2.75) is 25.8 Å². The number of benzene rings is 2. The molecule has 1 heterocycles. The van der Waals surface area contributed by atoms with Gasteiger partial charge in [-0.1, -0.05) is 11.6 Å². The molecule has 0 spiro atoms. The van der Waals surface area contributed by atoms with Gasteiger partial charge < -0.3 is 14.6 Å². The smallest absolute Gasteiger partial charge is 0.431 e. The molecule has 0 fully saturated rings. The molecule has 0 radical (unpaired) electrons. The van der Waals surface area contributed by atoms with Crippen LogP contribution in [0, 0.1) is 11.6 Å². The average molecular weight is 535 g/mol. The summed E-state index contributed by atoms with van der Waals surface area (Å²) in [6, 6.07) is 5.06. The standard InChI is InChI=1S/C22H16ClF5N2O6/c1-10(20(32)33)36-12-4-3-11(14(24)5-12)9-35-17-7-16(15(25)6-13(17)23)30-19(31)8-18(22(26,27)28)29(2)21(30)34/h3-8,10H,9H2,1-2H3,(H,32,33). The van der Waals surface area contributed by atoms with Gasteiger partial charge in [-0.25, -0.2) is 22.9 Å². The second kappa shape index (κ2) is 10.0. The number of aromatic nitrogens is 2. The van der Waals surface area contributed by atoms with Gasteiger partial charge in [-0.2, -0.15) is 13.2 Å². The number of alkyl halides is 3. The Hall–Kier alpha value is -3.87. The quantitative estimate of drug-likeness (QED) is 0.461. The summed E-state index contributed by atoms with van der Waals surface area (Å²) in [7, 11) is 0.764. The molecule has 0 saturated heterocycles. The molecule has 1 atom stereocenters. The van der Waals surface area contributed by atoms with E-state index in [1.54, 1.807) is 0 Å². The summed E-state index contributed by atoms with van der Waals surface area (Å²) in [5, 5.41) is 8.53. The Morgan fingerprint density at radius 2 is 1.78 bits per heavy atom. The van der Waals surface area contributed by atoms with Crippen molar-refractivity contribution in [3.63, 3.8) is 0 Å². The lowest BCUT2D eigenvalue weighted by Crippen LogP contribution is -2.41. The zero-order chi connectivity index (χ0) is 26.9. The fourth-order valence-corrected chi connectivity index (χ4v) is 3.25. The Kier molecular flexibility index (Phi) is 7.43. The Bertz CT molecular complexity index is 1450. The minimum Gasteiger partial charge on any atom is -0.487 e. The number of carboxylic acids is 1. The lowest BCUT2D eigenvalue weighted by molar-refractivity contribution is -0.144. The molecule has 192 valence electrons. The molecule has 0 aliphatic heterocycles. The van der Waals surface area contributed by atoms with E-state index in [1.807, 2.05) is 0 Å². The Balaban J connectivity index is 1.94. The molecular formula is C22H16ClF5N2O6. The first kappa shape index (κ1) is 26.7. The van der Waals surface area contributed by atoms with Gasteiger partial charge in [-0.15, -0.1) is 0 Å². The molecular weight excluding hydrogens is 519 g/mol. The fourth-order valence-electron chi connectivity index (χ4n) is 3.05. The van der Waals surface area contributed by atoms with Crippen LogP contribution < -0.4 is 20.7 Å². The van der Waals surface area contributed by atoms with Crippen molar-refractivity contribution in [3.05, 3.63) is 85.2 Å². The van der Waals surface area contributed by atoms with E-state index >= 15 is 0 Å². The van der Waals surface area contributed by atoms with E-state index in [2.05, 4.69) is 0 Å². The van der Waals surface area contributed by atoms with Crippen molar-refractivity contribution in [1.82, 2.24) is 9.13 Å². The highest BCUT2D eigenvalue weighted by molar-refractivity contribution is 6.32. The number of hydrogen-bond donors (Lipinski definition) is 1. The third kappa shape index (κ3) is 5.51. The highest BCUT2D eigenvalue weighted by atomic mass is 35.5. The number of halogens is 6. The van der Waals surface area contributed by atoms with Crippen molar-refractivity contribution < 1.29 is 41.3 Å². The predicted molar refractivity (Wildman–Crippen MR) is 116 cm³/mol. The van der Waals surface area contributed by atoms with Gasteiger partial charge in [0, 0.05) is 30.8 Å². The summed E-state index contributed by atoms with van der Waals surface area (Å²) in [5.74, 6) is -3.67. The first-order chi connectivity index (χ1) is 16.7. The summed E-state index contributed by atoms with van der Waals surface area (Å²) < 4.78 is 79.0. The topological polar surface area (TPSA) is 99.8 Å². The first-order valence-corrected chi connectivity index (χ1v) is 10.3. The molecule has 0 aliphatic carbocycles. The number of carboxylic acid groups (broad SMARTS) is 1. The highest BCUT2D eigenvalue weighted by Crippen LogP contribution is 2.31. The van der Waals surface area contributed by atoms with Gasteiger partial charge in [-0.3, -0.25) is 9.36 Å². The maximum absolute atomic E-state index is 14.6. The zero-order valence-electron chi connectivity index (χ0n) is 18.4. The lowest BCUT2D eigenvalue weighted by Gasteiger charge is -2.16. The minimum absolute atomic E-state index is 0.0464. The van der Waals surface area contributed by atoms with Crippen LogP contribution in [0.15, 0.2) is 46.0 Å². The van der Waals surface area contributed by atoms with Crippen LogP contribution in [0.1, 0.15) is 18.2 Å². The van der Waals surface area contributed by atoms with Crippen LogP contribution in [0.2, 0.25) is 5.02 Å². The molecule has 0 amide bonds. The summed E-state index contributed by atoms with van der Waals surface area (Å²) in [6.07, 6.45) is -6.24. The van der Waals surface area contributed by atoms with Crippen molar-refractivity contribution in [2.24, 2.45) is 7.05 Å². The monoisotopic (exact) mass is 534 g/mol. The third-order valence-electron chi connectivity index (χ3n) is 4.92. The van der Waals surface area contributed by atoms with Gasteiger partial charge in [0.15, 0.2) is 6.10 Å². The van der Waals surface area contributed by atoms with E-state index in [9.17, 15) is 36.3 Å². The predicted octanol–water partition coefficient (Wildman–Crippen LogP) is 3.92. The molecule has 3 rings (SSSR count). The summed E-state index contributed by atoms with van der Waals surface area (Å²) in [4.78, 5) is 35.6. The van der Waals surface area contributed by atoms with E-state index in [0.29, 0.717) is 6.07 Å². The molecule has 1 aromatic heterocycles. The van der Waals surface area contributed by atoms with Gasteiger partial charge in [-0.05, 0) is 25.1 Å². The molecule has 1 unspecified atom stereocenters. The van der Waals surface area contributed by atoms with Crippen LogP contribution >= 0.6 is 11.6 Å². The number of aliphatic carboxylic acids is 1. The van der Waals surface area contributed by atoms with E-state index in [1.165, 1.54) is 19.1 Å². The number of ether oxygens (including phenoxy) is 2. The average Bonchev–Trinajstić information content (AvgIpc) is 2.77. The highest BCUT2D eigenvalue weighted by Gasteiger charge is 2.35. The van der Waals surface area contributed by atoms with Gasteiger partial charge >= 0.3 is 17.8 Å². The number of carbonyl (C=O) groups is 1. The number of hydrogen-bond acceptors (Lipinski definition) is 5. The molecule has 2 aromatic carbocycles. The first-order valence-electron chi connectivity index (χ1n) is 9.91.